The molecule has 0 unspecified atom stereocenters. The highest BCUT2D eigenvalue weighted by atomic mass is 79.9. The highest BCUT2D eigenvalue weighted by Gasteiger charge is 2.09. The van der Waals surface area contributed by atoms with Gasteiger partial charge in [0.05, 0.1) is 0 Å². The summed E-state index contributed by atoms with van der Waals surface area (Å²) < 4.78 is 0. The van der Waals surface area contributed by atoms with E-state index < -0.39 is 0 Å². The van der Waals surface area contributed by atoms with Crippen molar-refractivity contribution in [1.29, 1.82) is 0 Å². The smallest absolute Gasteiger partial charge is 0.317 e. The first-order valence-corrected chi connectivity index (χ1v) is 5.29. The van der Waals surface area contributed by atoms with Crippen LogP contribution in [0, 0.1) is 0 Å². The zero-order valence-corrected chi connectivity index (χ0v) is 11.2. The molecule has 3 nitrogen and oxygen atoms in total. The fraction of sp³-hybridized carbons (Fsp3) is 0.900. The first-order valence-electron chi connectivity index (χ1n) is 5.29. The van der Waals surface area contributed by atoms with Crippen LogP contribution in [0.1, 0.15) is 40.0 Å². The Morgan fingerprint density at radius 1 is 1.07 bits per heavy atom. The predicted molar refractivity (Wildman–Crippen MR) is 66.2 cm³/mol. The fourth-order valence-corrected chi connectivity index (χ4v) is 1.20. The molecule has 0 aromatic heterocycles. The number of hydrogen-bond donors (Lipinski definition) is 1. The van der Waals surface area contributed by atoms with Gasteiger partial charge in [0.25, 0.3) is 0 Å². The second kappa shape index (κ2) is 10.8. The van der Waals surface area contributed by atoms with Gasteiger partial charge in [-0.15, -0.1) is 17.0 Å². The van der Waals surface area contributed by atoms with Crippen LogP contribution >= 0.6 is 17.0 Å². The molecule has 0 aliphatic heterocycles. The van der Waals surface area contributed by atoms with Crippen LogP contribution in [0.3, 0.4) is 0 Å². The van der Waals surface area contributed by atoms with Crippen molar-refractivity contribution in [2.24, 2.45) is 0 Å². The van der Waals surface area contributed by atoms with Crippen molar-refractivity contribution in [3.05, 3.63) is 0 Å². The molecule has 0 aromatic carbocycles. The summed E-state index contributed by atoms with van der Waals surface area (Å²) in [4.78, 5) is 13.4. The quantitative estimate of drug-likeness (QED) is 0.788. The maximum absolute atomic E-state index is 11.5. The van der Waals surface area contributed by atoms with Gasteiger partial charge in [0, 0.05) is 19.6 Å². The van der Waals surface area contributed by atoms with Crippen LogP contribution in [-0.2, 0) is 0 Å². The first-order chi connectivity index (χ1) is 6.26. The Kier molecular flexibility index (Phi) is 12.5. The molecule has 0 atom stereocenters. The third kappa shape index (κ3) is 7.18. The third-order valence-corrected chi connectivity index (χ3v) is 1.80. The number of carbonyl (C=O) groups excluding carboxylic acids is 1. The van der Waals surface area contributed by atoms with Gasteiger partial charge < -0.3 is 10.2 Å². The van der Waals surface area contributed by atoms with Crippen molar-refractivity contribution >= 4 is 23.0 Å². The molecule has 0 saturated carbocycles. The Morgan fingerprint density at radius 3 is 1.93 bits per heavy atom. The van der Waals surface area contributed by atoms with Gasteiger partial charge in [-0.1, -0.05) is 20.8 Å². The molecule has 4 heteroatoms. The Labute approximate surface area is 98.0 Å². The van der Waals surface area contributed by atoms with E-state index in [-0.39, 0.29) is 23.0 Å². The summed E-state index contributed by atoms with van der Waals surface area (Å²) >= 11 is 0. The van der Waals surface area contributed by atoms with E-state index >= 15 is 0 Å². The van der Waals surface area contributed by atoms with Crippen LogP contribution in [0.4, 0.5) is 4.79 Å². The standard InChI is InChI=1S/C10H22N2O.BrH/c1-4-7-11-10(13)12(8-5-2)9-6-3;/h4-9H2,1-3H3,(H,11,13);1H. The normalized spacial score (nSPS) is 9.07. The molecule has 0 saturated heterocycles. The second-order valence-electron chi connectivity index (χ2n) is 3.22. The molecule has 0 aliphatic carbocycles. The highest BCUT2D eigenvalue weighted by Crippen LogP contribution is 1.94. The zero-order valence-electron chi connectivity index (χ0n) is 9.51. The maximum Gasteiger partial charge on any atom is 0.317 e. The summed E-state index contributed by atoms with van der Waals surface area (Å²) in [5, 5.41) is 2.89. The topological polar surface area (TPSA) is 32.3 Å². The van der Waals surface area contributed by atoms with E-state index in [4.69, 9.17) is 0 Å². The lowest BCUT2D eigenvalue weighted by Crippen LogP contribution is -2.41. The van der Waals surface area contributed by atoms with Crippen molar-refractivity contribution in [3.63, 3.8) is 0 Å². The van der Waals surface area contributed by atoms with Crippen LogP contribution in [0.5, 0.6) is 0 Å². The molecule has 0 aromatic rings. The Hall–Kier alpha value is -0.250. The molecule has 0 fully saturated rings. The summed E-state index contributed by atoms with van der Waals surface area (Å²) in [7, 11) is 0. The van der Waals surface area contributed by atoms with E-state index in [9.17, 15) is 4.79 Å². The van der Waals surface area contributed by atoms with Gasteiger partial charge in [0.2, 0.25) is 0 Å². The van der Waals surface area contributed by atoms with E-state index in [2.05, 4.69) is 26.1 Å². The molecule has 0 spiro atoms. The predicted octanol–water partition coefficient (Wildman–Crippen LogP) is 2.81. The number of hydrogen-bond acceptors (Lipinski definition) is 1. The molecule has 0 rings (SSSR count). The molecule has 2 amide bonds. The molecular weight excluding hydrogens is 244 g/mol. The van der Waals surface area contributed by atoms with Crippen molar-refractivity contribution in [3.8, 4) is 0 Å². The summed E-state index contributed by atoms with van der Waals surface area (Å²) in [6, 6.07) is 0.0885. The second-order valence-corrected chi connectivity index (χ2v) is 3.22. The number of nitrogens with zero attached hydrogens (tertiary/aromatic N) is 1. The van der Waals surface area contributed by atoms with Gasteiger partial charge in [-0.05, 0) is 19.3 Å². The summed E-state index contributed by atoms with van der Waals surface area (Å²) in [5.41, 5.74) is 0. The fourth-order valence-electron chi connectivity index (χ4n) is 1.20. The lowest BCUT2D eigenvalue weighted by atomic mass is 10.3. The van der Waals surface area contributed by atoms with Crippen molar-refractivity contribution in [2.75, 3.05) is 19.6 Å². The minimum Gasteiger partial charge on any atom is -0.338 e. The Balaban J connectivity index is 0. The zero-order chi connectivity index (χ0) is 10.1. The van der Waals surface area contributed by atoms with Crippen LogP contribution < -0.4 is 5.32 Å². The van der Waals surface area contributed by atoms with Crippen LogP contribution in [0.15, 0.2) is 0 Å². The highest BCUT2D eigenvalue weighted by molar-refractivity contribution is 8.93. The van der Waals surface area contributed by atoms with Crippen molar-refractivity contribution in [1.82, 2.24) is 10.2 Å². The minimum absolute atomic E-state index is 0. The summed E-state index contributed by atoms with van der Waals surface area (Å²) in [6.45, 7) is 8.76. The van der Waals surface area contributed by atoms with Crippen molar-refractivity contribution in [2.45, 2.75) is 40.0 Å². The molecular formula is C10H23BrN2O. The number of urea groups is 1. The number of amides is 2. The molecule has 0 radical (unpaired) electrons. The van der Waals surface area contributed by atoms with Gasteiger partial charge in [0.15, 0.2) is 0 Å². The Morgan fingerprint density at radius 2 is 1.57 bits per heavy atom. The average Bonchev–Trinajstić information content (AvgIpc) is 2.14. The van der Waals surface area contributed by atoms with Crippen LogP contribution in [0.2, 0.25) is 0 Å². The van der Waals surface area contributed by atoms with Crippen molar-refractivity contribution < 1.29 is 4.79 Å². The van der Waals surface area contributed by atoms with Gasteiger partial charge in [0.1, 0.15) is 0 Å². The lowest BCUT2D eigenvalue weighted by Gasteiger charge is -2.21. The van der Waals surface area contributed by atoms with E-state index in [1.165, 1.54) is 0 Å². The van der Waals surface area contributed by atoms with E-state index in [0.717, 1.165) is 38.9 Å². The molecule has 0 heterocycles. The first kappa shape index (κ1) is 16.2. The largest absolute Gasteiger partial charge is 0.338 e. The monoisotopic (exact) mass is 266 g/mol. The van der Waals surface area contributed by atoms with Gasteiger partial charge >= 0.3 is 6.03 Å². The maximum atomic E-state index is 11.5. The summed E-state index contributed by atoms with van der Waals surface area (Å²) in [6.07, 6.45) is 3.05. The lowest BCUT2D eigenvalue weighted by molar-refractivity contribution is 0.198. The van der Waals surface area contributed by atoms with Crippen LogP contribution in [-0.4, -0.2) is 30.6 Å². The van der Waals surface area contributed by atoms with E-state index in [1.54, 1.807) is 0 Å². The molecule has 1 N–H and O–H groups in total. The van der Waals surface area contributed by atoms with Crippen LogP contribution in [0.25, 0.3) is 0 Å². The van der Waals surface area contributed by atoms with Gasteiger partial charge in [-0.2, -0.15) is 0 Å². The van der Waals surface area contributed by atoms with Gasteiger partial charge in [-0.3, -0.25) is 0 Å². The number of carbonyl (C=O) groups is 1. The number of halogens is 1. The third-order valence-electron chi connectivity index (χ3n) is 1.80. The average molecular weight is 267 g/mol. The van der Waals surface area contributed by atoms with Gasteiger partial charge in [-0.25, -0.2) is 4.79 Å². The van der Waals surface area contributed by atoms with E-state index in [0.29, 0.717) is 0 Å². The summed E-state index contributed by atoms with van der Waals surface area (Å²) in [5.74, 6) is 0. The molecule has 0 aliphatic rings. The number of rotatable bonds is 6. The minimum atomic E-state index is 0. The molecule has 0 bridgehead atoms. The van der Waals surface area contributed by atoms with E-state index in [1.807, 2.05) is 4.90 Å². The molecule has 86 valence electrons. The number of nitrogens with one attached hydrogen (secondary N) is 1. The molecule has 14 heavy (non-hydrogen) atoms. The Bertz CT molecular complexity index is 136. The SMILES string of the molecule is Br.CCCNC(=O)N(CCC)CCC.